The number of carbonyl (C=O) groups is 3. The molecule has 0 radical (unpaired) electrons. The number of likely N-dealkylation sites (tertiary alicyclic amines) is 1. The second-order valence-electron chi connectivity index (χ2n) is 12.7. The third-order valence-corrected chi connectivity index (χ3v) is 9.90. The number of carbonyl (C=O) groups excluding carboxylic acids is 3. The molecular weight excluding hydrogens is 568 g/mol. The van der Waals surface area contributed by atoms with Gasteiger partial charge in [-0.3, -0.25) is 14.4 Å². The number of rotatable bonds is 5. The molecule has 3 aromatic rings. The quantitative estimate of drug-likeness (QED) is 0.337. The van der Waals surface area contributed by atoms with Crippen molar-refractivity contribution in [3.63, 3.8) is 0 Å². The summed E-state index contributed by atoms with van der Waals surface area (Å²) >= 11 is 0. The molecule has 1 N–H and O–H groups in total. The Hall–Kier alpha value is -4.27. The Balaban J connectivity index is 1.37. The van der Waals surface area contributed by atoms with E-state index in [-0.39, 0.29) is 31.6 Å². The summed E-state index contributed by atoms with van der Waals surface area (Å²) in [7, 11) is 0. The van der Waals surface area contributed by atoms with E-state index < -0.39 is 41.1 Å². The van der Waals surface area contributed by atoms with E-state index in [1.807, 2.05) is 104 Å². The number of cyclic esters (lactones) is 1. The second-order valence-corrected chi connectivity index (χ2v) is 12.7. The van der Waals surface area contributed by atoms with Crippen molar-refractivity contribution in [2.45, 2.75) is 55.9 Å². The zero-order valence-electron chi connectivity index (χ0n) is 25.4. The van der Waals surface area contributed by atoms with E-state index in [9.17, 15) is 19.5 Å². The zero-order valence-corrected chi connectivity index (χ0v) is 25.4. The fraction of sp³-hybridized carbons (Fsp3) is 0.378. The van der Waals surface area contributed by atoms with Gasteiger partial charge in [-0.15, -0.1) is 0 Å². The minimum atomic E-state index is -1.44. The van der Waals surface area contributed by atoms with Gasteiger partial charge in [-0.25, -0.2) is 0 Å². The number of ether oxygens (including phenoxy) is 2. The van der Waals surface area contributed by atoms with Crippen molar-refractivity contribution in [1.82, 2.24) is 4.90 Å². The van der Waals surface area contributed by atoms with Gasteiger partial charge in [0.25, 0.3) is 5.91 Å². The Morgan fingerprint density at radius 3 is 2.47 bits per heavy atom. The first-order valence-corrected chi connectivity index (χ1v) is 15.9. The molecule has 4 heterocycles. The molecule has 1 unspecified atom stereocenters. The van der Waals surface area contributed by atoms with Crippen molar-refractivity contribution >= 4 is 34.2 Å². The van der Waals surface area contributed by atoms with Crippen LogP contribution in [0.5, 0.6) is 0 Å². The predicted octanol–water partition coefficient (Wildman–Crippen LogP) is 4.60. The molecule has 2 saturated heterocycles. The minimum Gasteiger partial charge on any atom is -0.465 e. The Morgan fingerprint density at radius 2 is 1.67 bits per heavy atom. The Bertz CT molecular complexity index is 1690. The Kier molecular flexibility index (Phi) is 7.58. The molecule has 6 atom stereocenters. The summed E-state index contributed by atoms with van der Waals surface area (Å²) in [5.74, 6) is -3.18. The van der Waals surface area contributed by atoms with Crippen LogP contribution in [0.15, 0.2) is 97.1 Å². The fourth-order valence-electron chi connectivity index (χ4n) is 7.84. The highest BCUT2D eigenvalue weighted by molar-refractivity contribution is 6.06. The number of amides is 2. The molecule has 3 aromatic carbocycles. The van der Waals surface area contributed by atoms with Crippen LogP contribution in [0.2, 0.25) is 0 Å². The largest absolute Gasteiger partial charge is 0.465 e. The van der Waals surface area contributed by atoms with Gasteiger partial charge in [0.15, 0.2) is 0 Å². The van der Waals surface area contributed by atoms with Crippen LogP contribution in [0.25, 0.3) is 10.8 Å². The van der Waals surface area contributed by atoms with Crippen molar-refractivity contribution in [3.8, 4) is 0 Å². The number of aliphatic hydroxyl groups is 1. The molecule has 7 rings (SSSR count). The molecule has 8 heteroatoms. The SMILES string of the molecule is C[C@]12/C=C\CCCCOC(=O)[C@H]1[C@H]1C(=O)N([C@@H](CO)Cc3ccccc3)C3C(=O)N(c4ccc5ccccc5c4)CC=C[C@@]31O2. The van der Waals surface area contributed by atoms with E-state index in [0.717, 1.165) is 35.6 Å². The van der Waals surface area contributed by atoms with Gasteiger partial charge < -0.3 is 24.4 Å². The monoisotopic (exact) mass is 606 g/mol. The van der Waals surface area contributed by atoms with Gasteiger partial charge in [0, 0.05) is 12.2 Å². The molecule has 0 saturated carbocycles. The van der Waals surface area contributed by atoms with Crippen molar-refractivity contribution in [1.29, 1.82) is 0 Å². The number of nitrogens with zero attached hydrogens (tertiary/aromatic N) is 2. The first kappa shape index (κ1) is 29.4. The average molecular weight is 607 g/mol. The molecule has 2 fully saturated rings. The van der Waals surface area contributed by atoms with Gasteiger partial charge in [0.05, 0.1) is 30.8 Å². The molecule has 45 heavy (non-hydrogen) atoms. The van der Waals surface area contributed by atoms with E-state index in [2.05, 4.69) is 0 Å². The number of aliphatic hydroxyl groups excluding tert-OH is 1. The van der Waals surface area contributed by atoms with Crippen LogP contribution in [-0.4, -0.2) is 70.8 Å². The first-order chi connectivity index (χ1) is 21.9. The summed E-state index contributed by atoms with van der Waals surface area (Å²) in [6, 6.07) is 21.6. The summed E-state index contributed by atoms with van der Waals surface area (Å²) in [6.45, 7) is 1.98. The molecule has 0 bridgehead atoms. The van der Waals surface area contributed by atoms with Gasteiger partial charge in [0.2, 0.25) is 5.91 Å². The van der Waals surface area contributed by atoms with Crippen molar-refractivity contribution in [3.05, 3.63) is 103 Å². The molecule has 8 nitrogen and oxygen atoms in total. The lowest BCUT2D eigenvalue weighted by molar-refractivity contribution is -0.160. The Labute approximate surface area is 262 Å². The van der Waals surface area contributed by atoms with Crippen molar-refractivity contribution in [2.24, 2.45) is 11.8 Å². The lowest BCUT2D eigenvalue weighted by atomic mass is 9.74. The van der Waals surface area contributed by atoms with Gasteiger partial charge in [-0.1, -0.05) is 85.0 Å². The molecule has 4 aliphatic rings. The number of benzene rings is 3. The zero-order chi connectivity index (χ0) is 31.2. The maximum absolute atomic E-state index is 15.0. The van der Waals surface area contributed by atoms with Crippen LogP contribution in [-0.2, 0) is 30.3 Å². The van der Waals surface area contributed by atoms with Crippen LogP contribution >= 0.6 is 0 Å². The lowest BCUT2D eigenvalue weighted by Gasteiger charge is -2.40. The fourth-order valence-corrected chi connectivity index (χ4v) is 7.84. The number of hydrogen-bond acceptors (Lipinski definition) is 6. The third-order valence-electron chi connectivity index (χ3n) is 9.90. The van der Waals surface area contributed by atoms with Crippen LogP contribution in [0, 0.1) is 11.8 Å². The predicted molar refractivity (Wildman–Crippen MR) is 170 cm³/mol. The summed E-state index contributed by atoms with van der Waals surface area (Å²) < 4.78 is 12.7. The van der Waals surface area contributed by atoms with Crippen LogP contribution in [0.1, 0.15) is 31.7 Å². The standard InChI is InChI=1S/C37H38N2O6/c1-36-18-9-2-3-10-21-44-35(43)31(36)30-33(41)39(29(24-40)22-25-12-5-4-6-13-25)32-34(42)38(20-11-19-37(30,32)45-36)28-17-16-26-14-7-8-15-27(26)23-28/h4-9,11-19,23,29-32,40H,2-3,10,20-22,24H2,1H3/b18-9-/t29-,30+,31-,32?,36+,37+/m1/s1. The van der Waals surface area contributed by atoms with E-state index in [4.69, 9.17) is 9.47 Å². The smallest absolute Gasteiger partial charge is 0.313 e. The van der Waals surface area contributed by atoms with Crippen LogP contribution < -0.4 is 4.90 Å². The van der Waals surface area contributed by atoms with E-state index in [1.165, 1.54) is 4.90 Å². The van der Waals surface area contributed by atoms with Gasteiger partial charge >= 0.3 is 5.97 Å². The lowest BCUT2D eigenvalue weighted by Crippen LogP contribution is -2.59. The number of allylic oxidation sites excluding steroid dienone is 1. The minimum absolute atomic E-state index is 0.262. The highest BCUT2D eigenvalue weighted by Gasteiger charge is 2.75. The third kappa shape index (κ3) is 4.87. The molecule has 232 valence electrons. The van der Waals surface area contributed by atoms with E-state index in [1.54, 1.807) is 4.90 Å². The highest BCUT2D eigenvalue weighted by atomic mass is 16.6. The topological polar surface area (TPSA) is 96.4 Å². The van der Waals surface area contributed by atoms with Gasteiger partial charge in [0.1, 0.15) is 17.6 Å². The molecule has 2 amide bonds. The van der Waals surface area contributed by atoms with Crippen molar-refractivity contribution in [2.75, 3.05) is 24.7 Å². The van der Waals surface area contributed by atoms with Gasteiger partial charge in [-0.05, 0) is 61.1 Å². The summed E-state index contributed by atoms with van der Waals surface area (Å²) in [4.78, 5) is 46.8. The maximum Gasteiger partial charge on any atom is 0.313 e. The number of anilines is 1. The summed E-state index contributed by atoms with van der Waals surface area (Å²) in [5, 5.41) is 12.8. The first-order valence-electron chi connectivity index (χ1n) is 15.9. The second kappa shape index (κ2) is 11.6. The number of hydrogen-bond donors (Lipinski definition) is 1. The Morgan fingerprint density at radius 1 is 0.889 bits per heavy atom. The molecule has 1 spiro atoms. The van der Waals surface area contributed by atoms with Crippen LogP contribution in [0.3, 0.4) is 0 Å². The average Bonchev–Trinajstić information content (AvgIpc) is 3.39. The summed E-state index contributed by atoms with van der Waals surface area (Å²) in [6.07, 6.45) is 10.3. The number of fused-ring (bicyclic) bond motifs is 3. The highest BCUT2D eigenvalue weighted by Crippen LogP contribution is 2.57. The normalized spacial score (nSPS) is 31.2. The van der Waals surface area contributed by atoms with Gasteiger partial charge in [-0.2, -0.15) is 0 Å². The van der Waals surface area contributed by atoms with Crippen LogP contribution in [0.4, 0.5) is 5.69 Å². The molecule has 0 aromatic heterocycles. The molecule has 4 aliphatic heterocycles. The maximum atomic E-state index is 15.0. The summed E-state index contributed by atoms with van der Waals surface area (Å²) in [5.41, 5.74) is -0.996. The van der Waals surface area contributed by atoms with E-state index >= 15 is 0 Å². The van der Waals surface area contributed by atoms with E-state index in [0.29, 0.717) is 12.1 Å². The van der Waals surface area contributed by atoms with Crippen molar-refractivity contribution < 1.29 is 29.0 Å². The number of esters is 1. The molecular formula is C37H38N2O6. The molecule has 0 aliphatic carbocycles.